The van der Waals surface area contributed by atoms with E-state index in [1.54, 1.807) is 6.33 Å². The Kier molecular flexibility index (Phi) is 4.84. The van der Waals surface area contributed by atoms with Crippen molar-refractivity contribution in [3.05, 3.63) is 66.2 Å². The first-order valence-electron chi connectivity index (χ1n) is 11.6. The summed E-state index contributed by atoms with van der Waals surface area (Å²) in [5.41, 5.74) is 9.04. The molecule has 166 valence electrons. The number of anilines is 1. The van der Waals surface area contributed by atoms with Crippen LogP contribution in [0.25, 0.3) is 38.9 Å². The standard InChI is InChI=1S/C26H27N7/c1-3-21-22-6-4-18(19-5-7-24(28-14-19)32-10-8-27-9-11-32)13-23(22)31-25(21)20-12-17(2)26-29-16-30-33(26)15-20/h4-7,12-16,27,31H,3,8-11H2,1-2H3. The van der Waals surface area contributed by atoms with Crippen LogP contribution in [0.3, 0.4) is 0 Å². The van der Waals surface area contributed by atoms with Gasteiger partial charge < -0.3 is 15.2 Å². The minimum atomic E-state index is 0.895. The van der Waals surface area contributed by atoms with E-state index in [1.807, 2.05) is 10.7 Å². The van der Waals surface area contributed by atoms with E-state index in [0.29, 0.717) is 0 Å². The Bertz CT molecular complexity index is 1440. The van der Waals surface area contributed by atoms with E-state index in [0.717, 1.165) is 72.0 Å². The molecule has 1 saturated heterocycles. The number of nitrogens with zero attached hydrogens (tertiary/aromatic N) is 5. The molecule has 33 heavy (non-hydrogen) atoms. The Balaban J connectivity index is 1.38. The quantitative estimate of drug-likeness (QED) is 0.440. The van der Waals surface area contributed by atoms with E-state index < -0.39 is 0 Å². The van der Waals surface area contributed by atoms with Crippen molar-refractivity contribution in [2.45, 2.75) is 20.3 Å². The molecule has 5 aromatic rings. The number of nitrogens with one attached hydrogen (secondary N) is 2. The SMILES string of the molecule is CCc1c(-c2cc(C)c3ncnn3c2)[nH]c2cc(-c3ccc(N4CCNCC4)nc3)ccc12. The molecule has 2 N–H and O–H groups in total. The predicted molar refractivity (Wildman–Crippen MR) is 133 cm³/mol. The lowest BCUT2D eigenvalue weighted by atomic mass is 10.0. The van der Waals surface area contributed by atoms with Gasteiger partial charge in [0.25, 0.3) is 0 Å². The Morgan fingerprint density at radius 2 is 1.82 bits per heavy atom. The maximum absolute atomic E-state index is 4.75. The molecule has 0 saturated carbocycles. The van der Waals surface area contributed by atoms with Gasteiger partial charge in [-0.3, -0.25) is 0 Å². The Hall–Kier alpha value is -3.71. The summed E-state index contributed by atoms with van der Waals surface area (Å²) in [6.45, 7) is 8.32. The minimum Gasteiger partial charge on any atom is -0.354 e. The second-order valence-electron chi connectivity index (χ2n) is 8.67. The molecule has 0 amide bonds. The zero-order valence-electron chi connectivity index (χ0n) is 19.0. The molecule has 0 aliphatic carbocycles. The van der Waals surface area contributed by atoms with Crippen LogP contribution in [-0.2, 0) is 6.42 Å². The van der Waals surface area contributed by atoms with Crippen molar-refractivity contribution in [2.24, 2.45) is 0 Å². The molecule has 7 nitrogen and oxygen atoms in total. The summed E-state index contributed by atoms with van der Waals surface area (Å²) in [4.78, 5) is 15.1. The van der Waals surface area contributed by atoms with Gasteiger partial charge in [0.15, 0.2) is 5.65 Å². The van der Waals surface area contributed by atoms with E-state index in [2.05, 4.69) is 81.7 Å². The smallest absolute Gasteiger partial charge is 0.158 e. The van der Waals surface area contributed by atoms with Crippen LogP contribution >= 0.6 is 0 Å². The molecule has 4 aromatic heterocycles. The van der Waals surface area contributed by atoms with E-state index in [-0.39, 0.29) is 0 Å². The van der Waals surface area contributed by atoms with Crippen molar-refractivity contribution in [1.82, 2.24) is 29.9 Å². The third-order valence-electron chi connectivity index (χ3n) is 6.63. The number of hydrogen-bond donors (Lipinski definition) is 2. The van der Waals surface area contributed by atoms with Crippen LogP contribution in [0.2, 0.25) is 0 Å². The summed E-state index contributed by atoms with van der Waals surface area (Å²) in [5.74, 6) is 1.05. The number of piperazine rings is 1. The fourth-order valence-electron chi connectivity index (χ4n) is 4.92. The van der Waals surface area contributed by atoms with Crippen LogP contribution in [0.4, 0.5) is 5.82 Å². The van der Waals surface area contributed by atoms with Crippen molar-refractivity contribution in [3.8, 4) is 22.4 Å². The predicted octanol–water partition coefficient (Wildman–Crippen LogP) is 4.22. The zero-order valence-corrected chi connectivity index (χ0v) is 19.0. The zero-order chi connectivity index (χ0) is 22.4. The van der Waals surface area contributed by atoms with E-state index in [9.17, 15) is 0 Å². The van der Waals surface area contributed by atoms with Crippen molar-refractivity contribution < 1.29 is 0 Å². The summed E-state index contributed by atoms with van der Waals surface area (Å²) in [7, 11) is 0. The van der Waals surface area contributed by atoms with Crippen LogP contribution in [0.15, 0.2) is 55.1 Å². The normalized spacial score (nSPS) is 14.4. The number of H-pyrrole nitrogens is 1. The van der Waals surface area contributed by atoms with Crippen molar-refractivity contribution in [1.29, 1.82) is 0 Å². The van der Waals surface area contributed by atoms with Crippen LogP contribution < -0.4 is 10.2 Å². The highest BCUT2D eigenvalue weighted by Gasteiger charge is 2.15. The van der Waals surface area contributed by atoms with Gasteiger partial charge >= 0.3 is 0 Å². The molecular formula is C26H27N7. The van der Waals surface area contributed by atoms with E-state index in [4.69, 9.17) is 4.98 Å². The molecule has 0 unspecified atom stereocenters. The summed E-state index contributed by atoms with van der Waals surface area (Å²) in [6.07, 6.45) is 6.60. The molecule has 0 spiro atoms. The van der Waals surface area contributed by atoms with Gasteiger partial charge in [-0.2, -0.15) is 5.10 Å². The van der Waals surface area contributed by atoms with Gasteiger partial charge in [-0.15, -0.1) is 0 Å². The summed E-state index contributed by atoms with van der Waals surface area (Å²) in [6, 6.07) is 13.2. The molecule has 5 heterocycles. The molecule has 7 heteroatoms. The Morgan fingerprint density at radius 1 is 0.970 bits per heavy atom. The minimum absolute atomic E-state index is 0.895. The molecule has 1 aliphatic heterocycles. The summed E-state index contributed by atoms with van der Waals surface area (Å²) < 4.78 is 1.85. The first kappa shape index (κ1) is 19.9. The third-order valence-corrected chi connectivity index (χ3v) is 6.63. The summed E-state index contributed by atoms with van der Waals surface area (Å²) >= 11 is 0. The van der Waals surface area contributed by atoms with Crippen LogP contribution in [0, 0.1) is 6.92 Å². The lowest BCUT2D eigenvalue weighted by Gasteiger charge is -2.28. The van der Waals surface area contributed by atoms with Gasteiger partial charge in [0.2, 0.25) is 0 Å². The number of aromatic nitrogens is 5. The fraction of sp³-hybridized carbons (Fsp3) is 0.269. The van der Waals surface area contributed by atoms with Gasteiger partial charge in [0, 0.05) is 60.6 Å². The molecule has 1 fully saturated rings. The van der Waals surface area contributed by atoms with Crippen LogP contribution in [0.5, 0.6) is 0 Å². The van der Waals surface area contributed by atoms with Gasteiger partial charge in [-0.05, 0) is 54.3 Å². The molecule has 6 rings (SSSR count). The highest BCUT2D eigenvalue weighted by atomic mass is 15.3. The van der Waals surface area contributed by atoms with Gasteiger partial charge in [0.05, 0.1) is 5.69 Å². The highest BCUT2D eigenvalue weighted by Crippen LogP contribution is 2.34. The Morgan fingerprint density at radius 3 is 2.61 bits per heavy atom. The number of benzene rings is 1. The molecule has 1 aromatic carbocycles. The number of pyridine rings is 2. The fourth-order valence-corrected chi connectivity index (χ4v) is 4.92. The van der Waals surface area contributed by atoms with E-state index in [1.165, 1.54) is 16.5 Å². The van der Waals surface area contributed by atoms with E-state index >= 15 is 0 Å². The maximum Gasteiger partial charge on any atom is 0.158 e. The lowest BCUT2D eigenvalue weighted by Crippen LogP contribution is -2.43. The second-order valence-corrected chi connectivity index (χ2v) is 8.67. The first-order chi connectivity index (χ1) is 16.2. The molecule has 0 radical (unpaired) electrons. The summed E-state index contributed by atoms with van der Waals surface area (Å²) in [5, 5.41) is 9.00. The third kappa shape index (κ3) is 3.45. The van der Waals surface area contributed by atoms with Crippen LogP contribution in [0.1, 0.15) is 18.1 Å². The van der Waals surface area contributed by atoms with Gasteiger partial charge in [-0.25, -0.2) is 14.5 Å². The molecule has 1 aliphatic rings. The van der Waals surface area contributed by atoms with Crippen molar-refractivity contribution >= 4 is 22.4 Å². The van der Waals surface area contributed by atoms with Gasteiger partial charge in [0.1, 0.15) is 12.1 Å². The average molecular weight is 438 g/mol. The molecular weight excluding hydrogens is 410 g/mol. The first-order valence-corrected chi connectivity index (χ1v) is 11.6. The number of hydrogen-bond acceptors (Lipinski definition) is 5. The molecule has 0 bridgehead atoms. The Labute approximate surface area is 192 Å². The highest BCUT2D eigenvalue weighted by molar-refractivity contribution is 5.93. The number of aromatic amines is 1. The lowest BCUT2D eigenvalue weighted by molar-refractivity contribution is 0.585. The number of rotatable bonds is 4. The van der Waals surface area contributed by atoms with Crippen LogP contribution in [-0.4, -0.2) is 50.7 Å². The average Bonchev–Trinajstić information content (AvgIpc) is 3.49. The monoisotopic (exact) mass is 437 g/mol. The topological polar surface area (TPSA) is 74.1 Å². The second kappa shape index (κ2) is 8.01. The number of aryl methyl sites for hydroxylation is 2. The largest absolute Gasteiger partial charge is 0.354 e. The van der Waals surface area contributed by atoms with Crippen molar-refractivity contribution in [2.75, 3.05) is 31.1 Å². The van der Waals surface area contributed by atoms with Gasteiger partial charge in [-0.1, -0.05) is 19.1 Å². The molecule has 0 atom stereocenters. The number of fused-ring (bicyclic) bond motifs is 2. The van der Waals surface area contributed by atoms with Crippen molar-refractivity contribution in [3.63, 3.8) is 0 Å². The maximum atomic E-state index is 4.75.